The summed E-state index contributed by atoms with van der Waals surface area (Å²) < 4.78 is 0. The second-order valence-corrected chi connectivity index (χ2v) is 5.38. The van der Waals surface area contributed by atoms with Crippen LogP contribution in [-0.2, 0) is 4.79 Å². The van der Waals surface area contributed by atoms with Gasteiger partial charge in [-0.05, 0) is 43.7 Å². The molecule has 5 heteroatoms. The summed E-state index contributed by atoms with van der Waals surface area (Å²) in [6.45, 7) is 3.27. The molecule has 1 aliphatic heterocycles. The quantitative estimate of drug-likeness (QED) is 0.873. The second kappa shape index (κ2) is 4.23. The number of hydrogen-bond donors (Lipinski definition) is 1. The maximum atomic E-state index is 11.3. The Kier molecular flexibility index (Phi) is 2.69. The lowest BCUT2D eigenvalue weighted by Gasteiger charge is -2.16. The Morgan fingerprint density at radius 3 is 2.67 bits per heavy atom. The van der Waals surface area contributed by atoms with E-state index in [1.807, 2.05) is 19.1 Å². The normalized spacial score (nSPS) is 27.5. The van der Waals surface area contributed by atoms with Crippen LogP contribution in [0.4, 0.5) is 5.82 Å². The Balaban J connectivity index is 1.79. The number of aromatic nitrogens is 2. The van der Waals surface area contributed by atoms with Gasteiger partial charge in [0.15, 0.2) is 5.82 Å². The third-order valence-electron chi connectivity index (χ3n) is 4.02. The van der Waals surface area contributed by atoms with E-state index in [2.05, 4.69) is 15.1 Å². The van der Waals surface area contributed by atoms with Gasteiger partial charge < -0.3 is 10.0 Å². The van der Waals surface area contributed by atoms with E-state index in [1.54, 1.807) is 0 Å². The van der Waals surface area contributed by atoms with E-state index < -0.39 is 5.97 Å². The first kappa shape index (κ1) is 11.4. The maximum Gasteiger partial charge on any atom is 0.308 e. The van der Waals surface area contributed by atoms with Gasteiger partial charge in [-0.3, -0.25) is 4.79 Å². The zero-order chi connectivity index (χ0) is 12.7. The summed E-state index contributed by atoms with van der Waals surface area (Å²) in [5.41, 5.74) is 0.881. The van der Waals surface area contributed by atoms with Crippen molar-refractivity contribution in [3.05, 3.63) is 17.8 Å². The van der Waals surface area contributed by atoms with Gasteiger partial charge in [0, 0.05) is 13.1 Å². The number of anilines is 1. The summed E-state index contributed by atoms with van der Waals surface area (Å²) in [6, 6.07) is 3.85. The minimum atomic E-state index is -0.672. The highest BCUT2D eigenvalue weighted by atomic mass is 16.4. The molecule has 1 saturated heterocycles. The summed E-state index contributed by atoms with van der Waals surface area (Å²) in [5, 5.41) is 17.5. The van der Waals surface area contributed by atoms with Crippen LogP contribution < -0.4 is 4.90 Å². The second-order valence-electron chi connectivity index (χ2n) is 5.38. The Morgan fingerprint density at radius 2 is 2.11 bits per heavy atom. The SMILES string of the molecule is Cc1ccc(N2C[C@H](C(=O)O)[C@@H](C3CC3)C2)nn1. The van der Waals surface area contributed by atoms with Gasteiger partial charge in [-0.1, -0.05) is 0 Å². The van der Waals surface area contributed by atoms with E-state index in [0.717, 1.165) is 18.1 Å². The predicted octanol–water partition coefficient (Wildman–Crippen LogP) is 1.33. The highest BCUT2D eigenvalue weighted by Crippen LogP contribution is 2.44. The van der Waals surface area contributed by atoms with Gasteiger partial charge in [-0.25, -0.2) is 0 Å². The van der Waals surface area contributed by atoms with E-state index >= 15 is 0 Å². The molecule has 1 N–H and O–H groups in total. The smallest absolute Gasteiger partial charge is 0.308 e. The molecule has 2 atom stereocenters. The molecule has 1 saturated carbocycles. The molecule has 0 radical (unpaired) electrons. The van der Waals surface area contributed by atoms with Gasteiger partial charge in [0.05, 0.1) is 11.6 Å². The molecular weight excluding hydrogens is 230 g/mol. The van der Waals surface area contributed by atoms with Gasteiger partial charge in [0.2, 0.25) is 0 Å². The van der Waals surface area contributed by atoms with Crippen LogP contribution in [0.25, 0.3) is 0 Å². The maximum absolute atomic E-state index is 11.3. The van der Waals surface area contributed by atoms with Crippen LogP contribution in [0.5, 0.6) is 0 Å². The van der Waals surface area contributed by atoms with Crippen LogP contribution in [0.1, 0.15) is 18.5 Å². The average Bonchev–Trinajstić information content (AvgIpc) is 3.09. The molecule has 2 fully saturated rings. The van der Waals surface area contributed by atoms with Crippen molar-refractivity contribution in [1.29, 1.82) is 0 Å². The molecular formula is C13H17N3O2. The molecule has 96 valence electrons. The molecule has 1 aliphatic carbocycles. The van der Waals surface area contributed by atoms with Gasteiger partial charge in [-0.15, -0.1) is 5.10 Å². The highest BCUT2D eigenvalue weighted by Gasteiger charge is 2.45. The third-order valence-corrected chi connectivity index (χ3v) is 4.02. The molecule has 1 aromatic rings. The molecule has 2 heterocycles. The standard InChI is InChI=1S/C13H17N3O2/c1-8-2-5-12(15-14-8)16-6-10(9-3-4-9)11(7-16)13(17)18/h2,5,9-11H,3-4,6-7H2,1H3,(H,17,18)/t10-,11+/m1/s1. The zero-order valence-corrected chi connectivity index (χ0v) is 10.4. The Bertz CT molecular complexity index is 456. The lowest BCUT2D eigenvalue weighted by molar-refractivity contribution is -0.142. The van der Waals surface area contributed by atoms with Gasteiger partial charge in [0.25, 0.3) is 0 Å². The number of carboxylic acid groups (broad SMARTS) is 1. The summed E-state index contributed by atoms with van der Waals surface area (Å²) in [5.74, 6) is 0.769. The van der Waals surface area contributed by atoms with Gasteiger partial charge >= 0.3 is 5.97 Å². The van der Waals surface area contributed by atoms with Crippen LogP contribution in [0.15, 0.2) is 12.1 Å². The van der Waals surface area contributed by atoms with Crippen molar-refractivity contribution in [2.75, 3.05) is 18.0 Å². The predicted molar refractivity (Wildman–Crippen MR) is 66.3 cm³/mol. The number of rotatable bonds is 3. The molecule has 2 aliphatic rings. The lowest BCUT2D eigenvalue weighted by Crippen LogP contribution is -2.24. The molecule has 5 nitrogen and oxygen atoms in total. The number of nitrogens with zero attached hydrogens (tertiary/aromatic N) is 3. The van der Waals surface area contributed by atoms with Crippen LogP contribution in [0, 0.1) is 24.7 Å². The Hall–Kier alpha value is -1.65. The molecule has 3 rings (SSSR count). The van der Waals surface area contributed by atoms with E-state index in [0.29, 0.717) is 12.5 Å². The topological polar surface area (TPSA) is 66.3 Å². The molecule has 18 heavy (non-hydrogen) atoms. The summed E-state index contributed by atoms with van der Waals surface area (Å²) in [7, 11) is 0. The molecule has 0 unspecified atom stereocenters. The molecule has 0 bridgehead atoms. The van der Waals surface area contributed by atoms with E-state index in [1.165, 1.54) is 12.8 Å². The first-order chi connectivity index (χ1) is 8.65. The fourth-order valence-corrected chi connectivity index (χ4v) is 2.84. The van der Waals surface area contributed by atoms with Crippen molar-refractivity contribution in [2.24, 2.45) is 17.8 Å². The van der Waals surface area contributed by atoms with Crippen LogP contribution >= 0.6 is 0 Å². The van der Waals surface area contributed by atoms with Crippen molar-refractivity contribution in [3.8, 4) is 0 Å². The largest absolute Gasteiger partial charge is 0.481 e. The van der Waals surface area contributed by atoms with Crippen molar-refractivity contribution in [3.63, 3.8) is 0 Å². The zero-order valence-electron chi connectivity index (χ0n) is 10.4. The fourth-order valence-electron chi connectivity index (χ4n) is 2.84. The van der Waals surface area contributed by atoms with E-state index in [-0.39, 0.29) is 11.8 Å². The van der Waals surface area contributed by atoms with Gasteiger partial charge in [0.1, 0.15) is 0 Å². The molecule has 0 aromatic carbocycles. The summed E-state index contributed by atoms with van der Waals surface area (Å²) in [4.78, 5) is 13.4. The highest BCUT2D eigenvalue weighted by molar-refractivity contribution is 5.72. The van der Waals surface area contributed by atoms with Crippen LogP contribution in [0.3, 0.4) is 0 Å². The monoisotopic (exact) mass is 247 g/mol. The summed E-state index contributed by atoms with van der Waals surface area (Å²) >= 11 is 0. The molecule has 0 amide bonds. The Labute approximate surface area is 106 Å². The average molecular weight is 247 g/mol. The Morgan fingerprint density at radius 1 is 1.33 bits per heavy atom. The first-order valence-electron chi connectivity index (χ1n) is 6.43. The van der Waals surface area contributed by atoms with Gasteiger partial charge in [-0.2, -0.15) is 5.10 Å². The minimum Gasteiger partial charge on any atom is -0.481 e. The number of carbonyl (C=O) groups is 1. The van der Waals surface area contributed by atoms with Crippen LogP contribution in [-0.4, -0.2) is 34.4 Å². The molecule has 0 spiro atoms. The first-order valence-corrected chi connectivity index (χ1v) is 6.43. The third kappa shape index (κ3) is 2.05. The van der Waals surface area contributed by atoms with Crippen molar-refractivity contribution < 1.29 is 9.90 Å². The van der Waals surface area contributed by atoms with Crippen LogP contribution in [0.2, 0.25) is 0 Å². The number of carboxylic acids is 1. The van der Waals surface area contributed by atoms with Crippen molar-refractivity contribution >= 4 is 11.8 Å². The lowest BCUT2D eigenvalue weighted by atomic mass is 9.92. The minimum absolute atomic E-state index is 0.249. The van der Waals surface area contributed by atoms with E-state index in [4.69, 9.17) is 0 Å². The summed E-state index contributed by atoms with van der Waals surface area (Å²) in [6.07, 6.45) is 2.36. The fraction of sp³-hybridized carbons (Fsp3) is 0.615. The number of aryl methyl sites for hydroxylation is 1. The van der Waals surface area contributed by atoms with E-state index in [9.17, 15) is 9.90 Å². The number of aliphatic carboxylic acids is 1. The number of hydrogen-bond acceptors (Lipinski definition) is 4. The van der Waals surface area contributed by atoms with Crippen molar-refractivity contribution in [2.45, 2.75) is 19.8 Å². The van der Waals surface area contributed by atoms with Crippen molar-refractivity contribution in [1.82, 2.24) is 10.2 Å². The molecule has 1 aromatic heterocycles.